The Morgan fingerprint density at radius 2 is 1.33 bits per heavy atom. The number of nitrogens with zero attached hydrogens (tertiary/aromatic N) is 3. The maximum Gasteiger partial charge on any atom is 1.00 e. The molecule has 0 aliphatic carbocycles. The SMILES string of the molecule is O=[N+]([O-])[O-].[Ag+].c1c[nH]cn1.c1c[nH]cn1. The number of nitrogens with one attached hydrogen (secondary N) is 2. The van der Waals surface area contributed by atoms with Crippen LogP contribution in [0.3, 0.4) is 0 Å². The van der Waals surface area contributed by atoms with Gasteiger partial charge < -0.3 is 25.3 Å². The van der Waals surface area contributed by atoms with E-state index in [9.17, 15) is 0 Å². The average molecular weight is 306 g/mol. The second kappa shape index (κ2) is 12.4. The van der Waals surface area contributed by atoms with Gasteiger partial charge in [-0.05, 0) is 0 Å². The zero-order chi connectivity index (χ0) is 10.6. The molecule has 2 N–H and O–H groups in total. The van der Waals surface area contributed by atoms with E-state index in [2.05, 4.69) is 19.9 Å². The summed E-state index contributed by atoms with van der Waals surface area (Å²) < 4.78 is 0. The minimum atomic E-state index is -1.75. The van der Waals surface area contributed by atoms with Gasteiger partial charge in [-0.3, -0.25) is 0 Å². The van der Waals surface area contributed by atoms with E-state index in [1.54, 1.807) is 37.4 Å². The second-order valence-corrected chi connectivity index (χ2v) is 1.74. The van der Waals surface area contributed by atoms with E-state index in [1.165, 1.54) is 0 Å². The van der Waals surface area contributed by atoms with Crippen molar-refractivity contribution in [2.24, 2.45) is 0 Å². The third kappa shape index (κ3) is 19.0. The van der Waals surface area contributed by atoms with Crippen LogP contribution >= 0.6 is 0 Å². The van der Waals surface area contributed by atoms with Gasteiger partial charge in [0.25, 0.3) is 0 Å². The Hall–Kier alpha value is -1.64. The van der Waals surface area contributed by atoms with Gasteiger partial charge in [0.2, 0.25) is 0 Å². The molecule has 0 saturated heterocycles. The molecule has 15 heavy (non-hydrogen) atoms. The van der Waals surface area contributed by atoms with Crippen molar-refractivity contribution in [3.8, 4) is 0 Å². The number of hydrogen-bond donors (Lipinski definition) is 2. The monoisotopic (exact) mass is 305 g/mol. The van der Waals surface area contributed by atoms with Crippen LogP contribution in [0.2, 0.25) is 0 Å². The molecule has 0 amide bonds. The first kappa shape index (κ1) is 15.8. The molecule has 2 rings (SSSR count). The number of rotatable bonds is 0. The van der Waals surface area contributed by atoms with E-state index in [0.717, 1.165) is 0 Å². The standard InChI is InChI=1S/2C3H4N2.Ag.NO3/c2*1-2-5-3-4-1;;2-1(3)4/h2*1-3H,(H,4,5);;/q;;+1;-1. The summed E-state index contributed by atoms with van der Waals surface area (Å²) in [6, 6.07) is 0. The fourth-order valence-corrected chi connectivity index (χ4v) is 0.430. The minimum absolute atomic E-state index is 0. The molecule has 0 radical (unpaired) electrons. The van der Waals surface area contributed by atoms with Crippen LogP contribution in [0.25, 0.3) is 0 Å². The van der Waals surface area contributed by atoms with Gasteiger partial charge in [0.15, 0.2) is 0 Å². The molecule has 0 saturated carbocycles. The number of H-pyrrole nitrogens is 2. The summed E-state index contributed by atoms with van der Waals surface area (Å²) in [5.74, 6) is 0. The normalized spacial score (nSPS) is 6.93. The Morgan fingerprint density at radius 1 is 1.00 bits per heavy atom. The topological polar surface area (TPSA) is 124 Å². The molecule has 2 heterocycles. The van der Waals surface area contributed by atoms with Gasteiger partial charge in [0.1, 0.15) is 0 Å². The summed E-state index contributed by atoms with van der Waals surface area (Å²) in [6.07, 6.45) is 10.2. The van der Waals surface area contributed by atoms with E-state index in [0.29, 0.717) is 0 Å². The summed E-state index contributed by atoms with van der Waals surface area (Å²) in [5, 5.41) is 14.8. The summed E-state index contributed by atoms with van der Waals surface area (Å²) >= 11 is 0. The molecule has 8 nitrogen and oxygen atoms in total. The summed E-state index contributed by atoms with van der Waals surface area (Å²) in [5.41, 5.74) is 0. The van der Waals surface area contributed by atoms with E-state index in [1.807, 2.05) is 0 Å². The molecular formula is C6H8AgN5O3. The largest absolute Gasteiger partial charge is 1.00 e. The van der Waals surface area contributed by atoms with Crippen molar-refractivity contribution in [3.63, 3.8) is 0 Å². The predicted molar refractivity (Wildman–Crippen MR) is 47.5 cm³/mol. The van der Waals surface area contributed by atoms with Crippen LogP contribution < -0.4 is 0 Å². The zero-order valence-corrected chi connectivity index (χ0v) is 8.81. The van der Waals surface area contributed by atoms with Gasteiger partial charge in [-0.1, -0.05) is 0 Å². The molecule has 0 unspecified atom stereocenters. The maximum atomic E-state index is 8.25. The number of hydrogen-bond acceptors (Lipinski definition) is 5. The van der Waals surface area contributed by atoms with Gasteiger partial charge in [-0.15, -0.1) is 0 Å². The van der Waals surface area contributed by atoms with Gasteiger partial charge in [-0.2, -0.15) is 0 Å². The first-order chi connectivity index (χ1) is 6.73. The molecule has 2 aromatic rings. The maximum absolute atomic E-state index is 8.25. The molecule has 0 bridgehead atoms. The van der Waals surface area contributed by atoms with Crippen LogP contribution in [-0.4, -0.2) is 25.0 Å². The van der Waals surface area contributed by atoms with Gasteiger partial charge in [-0.25, -0.2) is 9.97 Å². The minimum Gasteiger partial charge on any atom is -0.356 e. The van der Waals surface area contributed by atoms with Crippen molar-refractivity contribution < 1.29 is 27.5 Å². The Bertz CT molecular complexity index is 234. The van der Waals surface area contributed by atoms with Gasteiger partial charge >= 0.3 is 22.4 Å². The molecule has 86 valence electrons. The number of aromatic amines is 2. The molecule has 0 atom stereocenters. The van der Waals surface area contributed by atoms with Crippen LogP contribution in [-0.2, 0) is 22.4 Å². The predicted octanol–water partition coefficient (Wildman–Crippen LogP) is 0.578. The fraction of sp³-hybridized carbons (Fsp3) is 0. The van der Waals surface area contributed by atoms with Crippen LogP contribution in [0.15, 0.2) is 37.4 Å². The van der Waals surface area contributed by atoms with Crippen molar-refractivity contribution in [2.45, 2.75) is 0 Å². The first-order valence-electron chi connectivity index (χ1n) is 3.40. The van der Waals surface area contributed by atoms with Crippen LogP contribution in [0.5, 0.6) is 0 Å². The Balaban J connectivity index is 0. The van der Waals surface area contributed by atoms with Crippen molar-refractivity contribution in [1.29, 1.82) is 0 Å². The molecule has 0 fully saturated rings. The van der Waals surface area contributed by atoms with E-state index >= 15 is 0 Å². The molecule has 0 spiro atoms. The molecular weight excluding hydrogens is 298 g/mol. The molecule has 0 aliphatic heterocycles. The van der Waals surface area contributed by atoms with Crippen molar-refractivity contribution in [1.82, 2.24) is 19.9 Å². The Morgan fingerprint density at radius 3 is 1.40 bits per heavy atom. The third-order valence-corrected chi connectivity index (χ3v) is 0.812. The average Bonchev–Trinajstić information content (AvgIpc) is 2.83. The number of aromatic nitrogens is 4. The number of imidazole rings is 2. The fourth-order valence-electron chi connectivity index (χ4n) is 0.430. The Kier molecular flexibility index (Phi) is 13.0. The summed E-state index contributed by atoms with van der Waals surface area (Å²) in [4.78, 5) is 21.1. The van der Waals surface area contributed by atoms with Crippen LogP contribution in [0.4, 0.5) is 0 Å². The van der Waals surface area contributed by atoms with Crippen LogP contribution in [0.1, 0.15) is 0 Å². The third-order valence-electron chi connectivity index (χ3n) is 0.812. The second-order valence-electron chi connectivity index (χ2n) is 1.74. The molecule has 9 heteroatoms. The zero-order valence-electron chi connectivity index (χ0n) is 7.33. The molecule has 2 aromatic heterocycles. The van der Waals surface area contributed by atoms with Gasteiger partial charge in [0.05, 0.1) is 17.7 Å². The van der Waals surface area contributed by atoms with E-state index in [-0.39, 0.29) is 22.4 Å². The summed E-state index contributed by atoms with van der Waals surface area (Å²) in [7, 11) is 0. The first-order valence-corrected chi connectivity index (χ1v) is 3.40. The van der Waals surface area contributed by atoms with Gasteiger partial charge in [0, 0.05) is 24.8 Å². The van der Waals surface area contributed by atoms with E-state index in [4.69, 9.17) is 15.3 Å². The summed E-state index contributed by atoms with van der Waals surface area (Å²) in [6.45, 7) is 0. The smallest absolute Gasteiger partial charge is 0.356 e. The Labute approximate surface area is 100 Å². The van der Waals surface area contributed by atoms with Crippen molar-refractivity contribution >= 4 is 0 Å². The van der Waals surface area contributed by atoms with Crippen molar-refractivity contribution in [3.05, 3.63) is 52.8 Å². The molecule has 0 aliphatic rings. The quantitative estimate of drug-likeness (QED) is 0.418. The van der Waals surface area contributed by atoms with Crippen molar-refractivity contribution in [2.75, 3.05) is 0 Å². The van der Waals surface area contributed by atoms with Crippen LogP contribution in [0, 0.1) is 15.3 Å². The molecule has 0 aromatic carbocycles. The van der Waals surface area contributed by atoms with E-state index < -0.39 is 5.09 Å².